The molecule has 4 rings (SSSR count). The van der Waals surface area contributed by atoms with Gasteiger partial charge in [0.25, 0.3) is 5.91 Å². The number of rotatable bonds is 7. The maximum Gasteiger partial charge on any atom is 0.253 e. The number of carbonyl (C=O) groups is 1. The van der Waals surface area contributed by atoms with E-state index in [-0.39, 0.29) is 23.8 Å². The number of likely N-dealkylation sites (tertiary alicyclic amines) is 2. The van der Waals surface area contributed by atoms with Gasteiger partial charge in [-0.2, -0.15) is 0 Å². The third-order valence-electron chi connectivity index (χ3n) is 6.39. The van der Waals surface area contributed by atoms with Crippen LogP contribution >= 0.6 is 0 Å². The summed E-state index contributed by atoms with van der Waals surface area (Å²) in [6.45, 7) is 6.38. The summed E-state index contributed by atoms with van der Waals surface area (Å²) in [5, 5.41) is 10.3. The molecular formula is C24H30N2O4. The van der Waals surface area contributed by atoms with Crippen molar-refractivity contribution < 1.29 is 19.4 Å². The molecule has 0 aromatic heterocycles. The average molecular weight is 411 g/mol. The maximum atomic E-state index is 12.9. The Balaban J connectivity index is 1.43. The van der Waals surface area contributed by atoms with Gasteiger partial charge in [0.2, 0.25) is 0 Å². The van der Waals surface area contributed by atoms with Gasteiger partial charge in [0.15, 0.2) is 11.5 Å². The number of aliphatic hydroxyl groups is 1. The van der Waals surface area contributed by atoms with Crippen LogP contribution in [-0.4, -0.2) is 67.3 Å². The molecule has 6 nitrogen and oxygen atoms in total. The Hall–Kier alpha value is -2.57. The number of aliphatic hydroxyl groups excluding tert-OH is 1. The highest BCUT2D eigenvalue weighted by Crippen LogP contribution is 2.43. The molecule has 2 aliphatic heterocycles. The van der Waals surface area contributed by atoms with E-state index in [1.165, 1.54) is 0 Å². The molecule has 2 heterocycles. The smallest absolute Gasteiger partial charge is 0.253 e. The molecule has 2 fully saturated rings. The molecule has 2 aliphatic rings. The zero-order valence-corrected chi connectivity index (χ0v) is 17.7. The molecule has 0 spiro atoms. The molecule has 0 aliphatic carbocycles. The molecule has 1 amide bonds. The fourth-order valence-corrected chi connectivity index (χ4v) is 4.90. The van der Waals surface area contributed by atoms with Gasteiger partial charge >= 0.3 is 0 Å². The van der Waals surface area contributed by atoms with Crippen molar-refractivity contribution in [2.45, 2.75) is 13.5 Å². The molecule has 0 unspecified atom stereocenters. The Kier molecular flexibility index (Phi) is 5.97. The molecule has 0 radical (unpaired) electrons. The summed E-state index contributed by atoms with van der Waals surface area (Å²) in [5.41, 5.74) is 1.62. The number of methoxy groups -OCH3 is 1. The highest BCUT2D eigenvalue weighted by Gasteiger charge is 2.53. The van der Waals surface area contributed by atoms with E-state index in [0.29, 0.717) is 25.3 Å². The Labute approximate surface area is 178 Å². The third-order valence-corrected chi connectivity index (χ3v) is 6.39. The van der Waals surface area contributed by atoms with Gasteiger partial charge in [-0.3, -0.25) is 9.69 Å². The molecular weight excluding hydrogens is 380 g/mol. The first-order chi connectivity index (χ1) is 14.6. The highest BCUT2D eigenvalue weighted by atomic mass is 16.5. The molecule has 0 saturated carbocycles. The van der Waals surface area contributed by atoms with Gasteiger partial charge in [0, 0.05) is 43.7 Å². The normalized spacial score (nSPS) is 23.4. The monoisotopic (exact) mass is 410 g/mol. The van der Waals surface area contributed by atoms with E-state index in [1.807, 2.05) is 54.3 Å². The van der Waals surface area contributed by atoms with Crippen LogP contribution in [0.3, 0.4) is 0 Å². The molecule has 1 N–H and O–H groups in total. The summed E-state index contributed by atoms with van der Waals surface area (Å²) in [6, 6.07) is 15.4. The predicted molar refractivity (Wildman–Crippen MR) is 115 cm³/mol. The summed E-state index contributed by atoms with van der Waals surface area (Å²) in [4.78, 5) is 17.2. The van der Waals surface area contributed by atoms with Crippen molar-refractivity contribution in [3.8, 4) is 11.5 Å². The van der Waals surface area contributed by atoms with Crippen LogP contribution in [0, 0.1) is 11.3 Å². The van der Waals surface area contributed by atoms with Crippen molar-refractivity contribution in [3.63, 3.8) is 0 Å². The number of fused-ring (bicyclic) bond motifs is 1. The van der Waals surface area contributed by atoms with E-state index < -0.39 is 0 Å². The van der Waals surface area contributed by atoms with Gasteiger partial charge in [0.05, 0.1) is 20.3 Å². The lowest BCUT2D eigenvalue weighted by Crippen LogP contribution is -2.38. The average Bonchev–Trinajstić information content (AvgIpc) is 3.29. The summed E-state index contributed by atoms with van der Waals surface area (Å²) in [5.74, 6) is 1.83. The zero-order valence-electron chi connectivity index (χ0n) is 17.7. The first kappa shape index (κ1) is 20.7. The largest absolute Gasteiger partial charge is 0.493 e. The lowest BCUT2D eigenvalue weighted by atomic mass is 9.82. The topological polar surface area (TPSA) is 62.2 Å². The van der Waals surface area contributed by atoms with Crippen LogP contribution in [0.5, 0.6) is 11.5 Å². The van der Waals surface area contributed by atoms with Crippen LogP contribution < -0.4 is 9.47 Å². The molecule has 2 aromatic carbocycles. The van der Waals surface area contributed by atoms with E-state index >= 15 is 0 Å². The molecule has 6 heteroatoms. The van der Waals surface area contributed by atoms with Gasteiger partial charge in [0.1, 0.15) is 0 Å². The van der Waals surface area contributed by atoms with E-state index in [0.717, 1.165) is 36.7 Å². The van der Waals surface area contributed by atoms with Crippen molar-refractivity contribution in [3.05, 3.63) is 59.7 Å². The van der Waals surface area contributed by atoms with Crippen molar-refractivity contribution in [1.29, 1.82) is 0 Å². The summed E-state index contributed by atoms with van der Waals surface area (Å²) in [6.07, 6.45) is 0. The Morgan fingerprint density at radius 2 is 1.93 bits per heavy atom. The summed E-state index contributed by atoms with van der Waals surface area (Å²) < 4.78 is 11.1. The second kappa shape index (κ2) is 8.66. The number of nitrogens with zero attached hydrogens (tertiary/aromatic N) is 2. The van der Waals surface area contributed by atoms with Gasteiger partial charge in [-0.15, -0.1) is 0 Å². The first-order valence-electron chi connectivity index (χ1n) is 10.6. The van der Waals surface area contributed by atoms with Gasteiger partial charge in [-0.25, -0.2) is 0 Å². The van der Waals surface area contributed by atoms with E-state index in [4.69, 9.17) is 9.47 Å². The molecule has 0 bridgehead atoms. The van der Waals surface area contributed by atoms with Gasteiger partial charge in [-0.1, -0.05) is 24.3 Å². The number of ether oxygens (including phenoxy) is 2. The molecule has 2 saturated heterocycles. The summed E-state index contributed by atoms with van der Waals surface area (Å²) >= 11 is 0. The van der Waals surface area contributed by atoms with E-state index in [9.17, 15) is 9.90 Å². The van der Waals surface area contributed by atoms with Crippen LogP contribution in [0.25, 0.3) is 0 Å². The first-order valence-corrected chi connectivity index (χ1v) is 10.6. The Bertz CT molecular complexity index is 888. The minimum Gasteiger partial charge on any atom is -0.493 e. The molecule has 2 aromatic rings. The second-order valence-corrected chi connectivity index (χ2v) is 8.36. The van der Waals surface area contributed by atoms with Crippen LogP contribution in [-0.2, 0) is 6.54 Å². The predicted octanol–water partition coefficient (Wildman–Crippen LogP) is 2.66. The lowest BCUT2D eigenvalue weighted by molar-refractivity contribution is 0.0718. The zero-order chi connectivity index (χ0) is 21.1. The van der Waals surface area contributed by atoms with Crippen LogP contribution in [0.1, 0.15) is 22.8 Å². The second-order valence-electron chi connectivity index (χ2n) is 8.36. The minimum absolute atomic E-state index is 0.0561. The number of benzene rings is 2. The number of carbonyl (C=O) groups excluding carboxylic acids is 1. The van der Waals surface area contributed by atoms with Crippen LogP contribution in [0.4, 0.5) is 0 Å². The lowest BCUT2D eigenvalue weighted by Gasteiger charge is -2.27. The maximum absolute atomic E-state index is 12.9. The molecule has 160 valence electrons. The Morgan fingerprint density at radius 1 is 1.13 bits per heavy atom. The van der Waals surface area contributed by atoms with Gasteiger partial charge < -0.3 is 19.5 Å². The molecule has 2 atom stereocenters. The van der Waals surface area contributed by atoms with Crippen molar-refractivity contribution in [2.24, 2.45) is 11.3 Å². The van der Waals surface area contributed by atoms with Crippen LogP contribution in [0.2, 0.25) is 0 Å². The SMILES string of the molecule is CCOc1ccc(CN2C[C@H]3CN(C(=O)c4ccccc4)C[C@@]3(CO)C2)cc1OC. The van der Waals surface area contributed by atoms with Crippen molar-refractivity contribution in [2.75, 3.05) is 46.5 Å². The van der Waals surface area contributed by atoms with Crippen molar-refractivity contribution in [1.82, 2.24) is 9.80 Å². The number of amides is 1. The minimum atomic E-state index is -0.250. The fraction of sp³-hybridized carbons (Fsp3) is 0.458. The third kappa shape index (κ3) is 3.89. The standard InChI is InChI=1S/C24H30N2O4/c1-3-30-21-10-9-18(11-22(21)29-2)12-25-13-20-14-26(16-24(20,15-25)17-27)23(28)19-7-5-4-6-8-19/h4-11,20,27H,3,12-17H2,1-2H3/t20-,24+/m0/s1. The number of hydrogen-bond donors (Lipinski definition) is 1. The van der Waals surface area contributed by atoms with Crippen LogP contribution in [0.15, 0.2) is 48.5 Å². The van der Waals surface area contributed by atoms with Gasteiger partial charge in [-0.05, 0) is 42.7 Å². The quantitative estimate of drug-likeness (QED) is 0.760. The molecule has 30 heavy (non-hydrogen) atoms. The van der Waals surface area contributed by atoms with E-state index in [1.54, 1.807) is 7.11 Å². The van der Waals surface area contributed by atoms with E-state index in [2.05, 4.69) is 11.0 Å². The fourth-order valence-electron chi connectivity index (χ4n) is 4.90. The van der Waals surface area contributed by atoms with Crippen molar-refractivity contribution >= 4 is 5.91 Å². The highest BCUT2D eigenvalue weighted by molar-refractivity contribution is 5.94. The number of hydrogen-bond acceptors (Lipinski definition) is 5. The Morgan fingerprint density at radius 3 is 2.60 bits per heavy atom. The summed E-state index contributed by atoms with van der Waals surface area (Å²) in [7, 11) is 1.65.